The van der Waals surface area contributed by atoms with Gasteiger partial charge in [-0.1, -0.05) is 0 Å². The molecule has 142 valence electrons. The van der Waals surface area contributed by atoms with Crippen molar-refractivity contribution < 1.29 is 19.1 Å². The molecule has 2 aromatic rings. The van der Waals surface area contributed by atoms with Gasteiger partial charge in [0.15, 0.2) is 0 Å². The van der Waals surface area contributed by atoms with Crippen molar-refractivity contribution in [1.82, 2.24) is 14.9 Å². The maximum atomic E-state index is 11.9. The molecule has 2 amide bonds. The molecule has 0 spiro atoms. The molecule has 27 heavy (non-hydrogen) atoms. The maximum absolute atomic E-state index is 11.9. The molecule has 1 fully saturated rings. The number of nitrogens with zero attached hydrogens (tertiary/aromatic N) is 3. The summed E-state index contributed by atoms with van der Waals surface area (Å²) in [6.07, 6.45) is 4.78. The fraction of sp³-hybridized carbons (Fsp3) is 0.368. The normalized spacial score (nSPS) is 14.8. The number of hydrogen-bond donors (Lipinski definition) is 1. The molecular formula is C19H22N4O4. The van der Waals surface area contributed by atoms with Crippen LogP contribution >= 0.6 is 0 Å². The number of ether oxygens (including phenoxy) is 2. The SMILES string of the molecule is COCC(=O)N1CCC(c2nccnc2Oc2ccc(C(N)=O)cc2)CC1. The first kappa shape index (κ1) is 18.8. The molecule has 0 unspecified atom stereocenters. The van der Waals surface area contributed by atoms with Gasteiger partial charge >= 0.3 is 0 Å². The summed E-state index contributed by atoms with van der Waals surface area (Å²) in [6.45, 7) is 1.40. The number of amides is 2. The van der Waals surface area contributed by atoms with E-state index in [0.717, 1.165) is 18.5 Å². The topological polar surface area (TPSA) is 108 Å². The summed E-state index contributed by atoms with van der Waals surface area (Å²) in [4.78, 5) is 33.7. The molecule has 3 rings (SSSR count). The van der Waals surface area contributed by atoms with E-state index in [0.29, 0.717) is 30.3 Å². The minimum absolute atomic E-state index is 0.00103. The van der Waals surface area contributed by atoms with Crippen LogP contribution in [0, 0.1) is 0 Å². The number of primary amides is 1. The quantitative estimate of drug-likeness (QED) is 0.829. The molecule has 0 radical (unpaired) electrons. The highest BCUT2D eigenvalue weighted by Crippen LogP contribution is 2.33. The van der Waals surface area contributed by atoms with E-state index in [4.69, 9.17) is 15.2 Å². The minimum Gasteiger partial charge on any atom is -0.437 e. The minimum atomic E-state index is -0.489. The number of piperidine rings is 1. The Morgan fingerprint density at radius 1 is 1.15 bits per heavy atom. The van der Waals surface area contributed by atoms with Gasteiger partial charge in [0.05, 0.1) is 0 Å². The molecule has 0 atom stereocenters. The fourth-order valence-electron chi connectivity index (χ4n) is 3.11. The molecule has 8 heteroatoms. The van der Waals surface area contributed by atoms with E-state index in [2.05, 4.69) is 9.97 Å². The van der Waals surface area contributed by atoms with Crippen molar-refractivity contribution >= 4 is 11.8 Å². The average molecular weight is 370 g/mol. The maximum Gasteiger partial charge on any atom is 0.248 e. The lowest BCUT2D eigenvalue weighted by Gasteiger charge is -2.31. The Bertz CT molecular complexity index is 802. The van der Waals surface area contributed by atoms with Crippen LogP contribution in [0.4, 0.5) is 0 Å². The number of likely N-dealkylation sites (tertiary alicyclic amines) is 1. The molecule has 8 nitrogen and oxygen atoms in total. The number of carbonyl (C=O) groups is 2. The predicted molar refractivity (Wildman–Crippen MR) is 97.5 cm³/mol. The summed E-state index contributed by atoms with van der Waals surface area (Å²) in [5, 5.41) is 0. The summed E-state index contributed by atoms with van der Waals surface area (Å²) in [6, 6.07) is 6.55. The Balaban J connectivity index is 1.69. The second-order valence-electron chi connectivity index (χ2n) is 6.33. The zero-order chi connectivity index (χ0) is 19.2. The molecule has 2 heterocycles. The van der Waals surface area contributed by atoms with Crippen molar-refractivity contribution in [2.45, 2.75) is 18.8 Å². The van der Waals surface area contributed by atoms with Gasteiger partial charge in [0.2, 0.25) is 17.7 Å². The van der Waals surface area contributed by atoms with Crippen molar-refractivity contribution in [1.29, 1.82) is 0 Å². The van der Waals surface area contributed by atoms with E-state index in [1.807, 2.05) is 0 Å². The first-order valence-electron chi connectivity index (χ1n) is 8.74. The zero-order valence-electron chi connectivity index (χ0n) is 15.1. The fourth-order valence-corrected chi connectivity index (χ4v) is 3.11. The first-order chi connectivity index (χ1) is 13.1. The lowest BCUT2D eigenvalue weighted by molar-refractivity contribution is -0.136. The highest BCUT2D eigenvalue weighted by molar-refractivity contribution is 5.92. The molecule has 1 saturated heterocycles. The molecule has 2 N–H and O–H groups in total. The summed E-state index contributed by atoms with van der Waals surface area (Å²) >= 11 is 0. The van der Waals surface area contributed by atoms with Crippen LogP contribution in [0.2, 0.25) is 0 Å². The highest BCUT2D eigenvalue weighted by Gasteiger charge is 2.27. The Hall–Kier alpha value is -3.00. The van der Waals surface area contributed by atoms with Crippen molar-refractivity contribution in [3.05, 3.63) is 47.9 Å². The second-order valence-corrected chi connectivity index (χ2v) is 6.33. The number of methoxy groups -OCH3 is 1. The van der Waals surface area contributed by atoms with Gasteiger partial charge in [0, 0.05) is 44.1 Å². The molecule has 0 saturated carbocycles. The van der Waals surface area contributed by atoms with E-state index in [1.54, 1.807) is 41.6 Å². The van der Waals surface area contributed by atoms with E-state index in [9.17, 15) is 9.59 Å². The Labute approximate surface area is 157 Å². The molecule has 0 bridgehead atoms. The van der Waals surface area contributed by atoms with Gasteiger partial charge in [-0.3, -0.25) is 14.6 Å². The van der Waals surface area contributed by atoms with Crippen molar-refractivity contribution in [2.75, 3.05) is 26.8 Å². The summed E-state index contributed by atoms with van der Waals surface area (Å²) < 4.78 is 10.8. The van der Waals surface area contributed by atoms with Crippen LogP contribution in [-0.4, -0.2) is 53.5 Å². The zero-order valence-corrected chi connectivity index (χ0v) is 15.1. The standard InChI is InChI=1S/C19H22N4O4/c1-26-12-16(24)23-10-6-13(7-11-23)17-19(22-9-8-21-17)27-15-4-2-14(3-5-15)18(20)25/h2-5,8-9,13H,6-7,10-12H2,1H3,(H2,20,25). The van der Waals surface area contributed by atoms with Crippen LogP contribution in [0.15, 0.2) is 36.7 Å². The number of aromatic nitrogens is 2. The van der Waals surface area contributed by atoms with Gasteiger partial charge < -0.3 is 20.1 Å². The molecule has 0 aliphatic carbocycles. The van der Waals surface area contributed by atoms with Crippen LogP contribution in [0.5, 0.6) is 11.6 Å². The third-order valence-electron chi connectivity index (χ3n) is 4.55. The summed E-state index contributed by atoms with van der Waals surface area (Å²) in [7, 11) is 1.52. The second kappa shape index (κ2) is 8.59. The third-order valence-corrected chi connectivity index (χ3v) is 4.55. The molecule has 1 aromatic heterocycles. The smallest absolute Gasteiger partial charge is 0.248 e. The third kappa shape index (κ3) is 4.59. The van der Waals surface area contributed by atoms with Crippen molar-refractivity contribution in [2.24, 2.45) is 5.73 Å². The monoisotopic (exact) mass is 370 g/mol. The van der Waals surface area contributed by atoms with Gasteiger partial charge in [0.1, 0.15) is 18.1 Å². The molecule has 1 aliphatic rings. The number of rotatable bonds is 6. The number of benzene rings is 1. The Morgan fingerprint density at radius 2 is 1.81 bits per heavy atom. The van der Waals surface area contributed by atoms with Crippen molar-refractivity contribution in [3.63, 3.8) is 0 Å². The predicted octanol–water partition coefficient (Wildman–Crippen LogP) is 1.72. The van der Waals surface area contributed by atoms with E-state index < -0.39 is 5.91 Å². The number of nitrogens with two attached hydrogens (primary N) is 1. The molecule has 1 aromatic carbocycles. The van der Waals surface area contributed by atoms with Crippen LogP contribution in [0.1, 0.15) is 34.8 Å². The van der Waals surface area contributed by atoms with E-state index in [1.165, 1.54) is 7.11 Å². The summed E-state index contributed by atoms with van der Waals surface area (Å²) in [5.74, 6) is 0.656. The van der Waals surface area contributed by atoms with Crippen LogP contribution in [0.25, 0.3) is 0 Å². The van der Waals surface area contributed by atoms with Gasteiger partial charge in [-0.2, -0.15) is 0 Å². The molecule has 1 aliphatic heterocycles. The van der Waals surface area contributed by atoms with Crippen LogP contribution in [-0.2, 0) is 9.53 Å². The lowest BCUT2D eigenvalue weighted by Crippen LogP contribution is -2.39. The Morgan fingerprint density at radius 3 is 2.44 bits per heavy atom. The molecular weight excluding hydrogens is 348 g/mol. The summed E-state index contributed by atoms with van der Waals surface area (Å²) in [5.41, 5.74) is 6.44. The first-order valence-corrected chi connectivity index (χ1v) is 8.74. The van der Waals surface area contributed by atoms with E-state index >= 15 is 0 Å². The van der Waals surface area contributed by atoms with Crippen LogP contribution in [0.3, 0.4) is 0 Å². The van der Waals surface area contributed by atoms with E-state index in [-0.39, 0.29) is 18.4 Å². The van der Waals surface area contributed by atoms with Gasteiger partial charge in [-0.05, 0) is 37.1 Å². The lowest BCUT2D eigenvalue weighted by atomic mass is 9.93. The van der Waals surface area contributed by atoms with Gasteiger partial charge in [0.25, 0.3) is 0 Å². The van der Waals surface area contributed by atoms with Crippen LogP contribution < -0.4 is 10.5 Å². The average Bonchev–Trinajstić information content (AvgIpc) is 2.69. The number of hydrogen-bond acceptors (Lipinski definition) is 6. The number of carbonyl (C=O) groups excluding carboxylic acids is 2. The van der Waals surface area contributed by atoms with Gasteiger partial charge in [-0.25, -0.2) is 4.98 Å². The highest BCUT2D eigenvalue weighted by atomic mass is 16.5. The van der Waals surface area contributed by atoms with Crippen molar-refractivity contribution in [3.8, 4) is 11.6 Å². The Kier molecular flexibility index (Phi) is 5.97. The largest absolute Gasteiger partial charge is 0.437 e. The van der Waals surface area contributed by atoms with Gasteiger partial charge in [-0.15, -0.1) is 0 Å².